The summed E-state index contributed by atoms with van der Waals surface area (Å²) in [6.45, 7) is 3.56. The van der Waals surface area contributed by atoms with Crippen molar-refractivity contribution in [3.8, 4) is 0 Å². The van der Waals surface area contributed by atoms with Crippen LogP contribution in [0.2, 0.25) is 0 Å². The van der Waals surface area contributed by atoms with Crippen LogP contribution in [0.5, 0.6) is 0 Å². The lowest BCUT2D eigenvalue weighted by molar-refractivity contribution is 0.0778. The zero-order chi connectivity index (χ0) is 13.6. The van der Waals surface area contributed by atoms with Gasteiger partial charge in [-0.25, -0.2) is 0 Å². The fourth-order valence-electron chi connectivity index (χ4n) is 2.40. The summed E-state index contributed by atoms with van der Waals surface area (Å²) >= 11 is 3.34. The van der Waals surface area contributed by atoms with Gasteiger partial charge in [-0.3, -0.25) is 9.48 Å². The van der Waals surface area contributed by atoms with Crippen molar-refractivity contribution in [3.63, 3.8) is 0 Å². The highest BCUT2D eigenvalue weighted by atomic mass is 32.2. The maximum Gasteiger partial charge on any atom is 0.266 e. The van der Waals surface area contributed by atoms with Crippen LogP contribution in [0.15, 0.2) is 0 Å². The SMILES string of the molecule is Cc1nn(C)c2sc(C(=O)N3CCSCC3)c(N)c12. The summed E-state index contributed by atoms with van der Waals surface area (Å²) in [5.41, 5.74) is 7.65. The van der Waals surface area contributed by atoms with Gasteiger partial charge in [0, 0.05) is 31.6 Å². The molecule has 0 bridgehead atoms. The molecule has 1 saturated heterocycles. The molecule has 102 valence electrons. The van der Waals surface area contributed by atoms with E-state index in [0.717, 1.165) is 40.5 Å². The molecule has 2 aromatic heterocycles. The Labute approximate surface area is 119 Å². The maximum absolute atomic E-state index is 12.5. The third-order valence-electron chi connectivity index (χ3n) is 3.37. The molecule has 0 saturated carbocycles. The van der Waals surface area contributed by atoms with Gasteiger partial charge in [0.15, 0.2) is 0 Å². The third-order valence-corrected chi connectivity index (χ3v) is 5.58. The van der Waals surface area contributed by atoms with Gasteiger partial charge in [0.25, 0.3) is 5.91 Å². The average molecular weight is 296 g/mol. The molecule has 0 atom stereocenters. The standard InChI is InChI=1S/C12H16N4OS2/c1-7-8-9(13)10(19-12(8)15(2)14-7)11(17)16-3-5-18-6-4-16/h3-6,13H2,1-2H3. The molecule has 0 aliphatic carbocycles. The minimum absolute atomic E-state index is 0.0680. The van der Waals surface area contributed by atoms with E-state index in [2.05, 4.69) is 5.10 Å². The zero-order valence-electron chi connectivity index (χ0n) is 11.0. The number of nitrogens with zero attached hydrogens (tertiary/aromatic N) is 3. The Kier molecular flexibility index (Phi) is 3.18. The number of aromatic nitrogens is 2. The lowest BCUT2D eigenvalue weighted by atomic mass is 10.2. The van der Waals surface area contributed by atoms with Crippen LogP contribution in [-0.2, 0) is 7.05 Å². The average Bonchev–Trinajstić information content (AvgIpc) is 2.89. The number of nitrogens with two attached hydrogens (primary N) is 1. The fraction of sp³-hybridized carbons (Fsp3) is 0.500. The quantitative estimate of drug-likeness (QED) is 0.870. The predicted molar refractivity (Wildman–Crippen MR) is 81.0 cm³/mol. The van der Waals surface area contributed by atoms with E-state index in [4.69, 9.17) is 5.73 Å². The van der Waals surface area contributed by atoms with Crippen LogP contribution in [0, 0.1) is 6.92 Å². The first kappa shape index (κ1) is 12.8. The van der Waals surface area contributed by atoms with Crippen LogP contribution in [-0.4, -0.2) is 45.2 Å². The molecule has 5 nitrogen and oxygen atoms in total. The van der Waals surface area contributed by atoms with Crippen LogP contribution in [0.3, 0.4) is 0 Å². The van der Waals surface area contributed by atoms with Crippen molar-refractivity contribution in [1.29, 1.82) is 0 Å². The van der Waals surface area contributed by atoms with Crippen molar-refractivity contribution in [2.45, 2.75) is 6.92 Å². The first-order valence-electron chi connectivity index (χ1n) is 6.18. The summed E-state index contributed by atoms with van der Waals surface area (Å²) in [7, 11) is 1.89. The van der Waals surface area contributed by atoms with Gasteiger partial charge in [-0.1, -0.05) is 0 Å². The molecule has 1 fully saturated rings. The minimum Gasteiger partial charge on any atom is -0.397 e. The summed E-state index contributed by atoms with van der Waals surface area (Å²) < 4.78 is 1.80. The van der Waals surface area contributed by atoms with Gasteiger partial charge in [0.1, 0.15) is 9.71 Å². The minimum atomic E-state index is 0.0680. The second-order valence-corrected chi connectivity index (χ2v) is 6.86. The van der Waals surface area contributed by atoms with Gasteiger partial charge in [-0.05, 0) is 6.92 Å². The van der Waals surface area contributed by atoms with Crippen LogP contribution in [0.25, 0.3) is 10.2 Å². The van der Waals surface area contributed by atoms with Crippen molar-refractivity contribution in [3.05, 3.63) is 10.6 Å². The Morgan fingerprint density at radius 3 is 2.68 bits per heavy atom. The second-order valence-electron chi connectivity index (χ2n) is 4.64. The van der Waals surface area contributed by atoms with E-state index in [1.54, 1.807) is 4.68 Å². The van der Waals surface area contributed by atoms with Gasteiger partial charge < -0.3 is 10.6 Å². The lowest BCUT2D eigenvalue weighted by Gasteiger charge is -2.26. The summed E-state index contributed by atoms with van der Waals surface area (Å²) in [6, 6.07) is 0. The van der Waals surface area contributed by atoms with Gasteiger partial charge in [-0.2, -0.15) is 16.9 Å². The molecule has 1 amide bonds. The van der Waals surface area contributed by atoms with Gasteiger partial charge >= 0.3 is 0 Å². The molecule has 0 unspecified atom stereocenters. The van der Waals surface area contributed by atoms with Crippen molar-refractivity contribution in [2.24, 2.45) is 7.05 Å². The molecule has 3 rings (SSSR count). The Bertz CT molecular complexity index is 640. The first-order valence-corrected chi connectivity index (χ1v) is 8.15. The second kappa shape index (κ2) is 4.72. The fourth-order valence-corrected chi connectivity index (χ4v) is 4.46. The highest BCUT2D eigenvalue weighted by Crippen LogP contribution is 2.36. The molecular formula is C12H16N4OS2. The maximum atomic E-state index is 12.5. The van der Waals surface area contributed by atoms with Gasteiger partial charge in [0.2, 0.25) is 0 Å². The molecule has 0 spiro atoms. The molecule has 1 aliphatic rings. The molecule has 7 heteroatoms. The number of thiophene rings is 1. The number of amides is 1. The number of aryl methyl sites for hydroxylation is 2. The number of hydrogen-bond donors (Lipinski definition) is 1. The van der Waals surface area contributed by atoms with Gasteiger partial charge in [-0.15, -0.1) is 11.3 Å². The van der Waals surface area contributed by atoms with Crippen LogP contribution >= 0.6 is 23.1 Å². The number of nitrogen functional groups attached to an aromatic ring is 1. The number of fused-ring (bicyclic) bond motifs is 1. The molecular weight excluding hydrogens is 280 g/mol. The molecule has 1 aliphatic heterocycles. The predicted octanol–water partition coefficient (Wildman–Crippen LogP) is 1.71. The number of rotatable bonds is 1. The normalized spacial score (nSPS) is 16.2. The number of thioether (sulfide) groups is 1. The molecule has 19 heavy (non-hydrogen) atoms. The monoisotopic (exact) mass is 296 g/mol. The summed E-state index contributed by atoms with van der Waals surface area (Å²) in [6.07, 6.45) is 0. The smallest absolute Gasteiger partial charge is 0.266 e. The Hall–Kier alpha value is -1.21. The van der Waals surface area contributed by atoms with E-state index in [9.17, 15) is 4.79 Å². The summed E-state index contributed by atoms with van der Waals surface area (Å²) in [4.78, 5) is 16.1. The van der Waals surface area contributed by atoms with E-state index in [-0.39, 0.29) is 5.91 Å². The van der Waals surface area contributed by atoms with Crippen LogP contribution in [0.4, 0.5) is 5.69 Å². The highest BCUT2D eigenvalue weighted by Gasteiger charge is 2.25. The zero-order valence-corrected chi connectivity index (χ0v) is 12.6. The molecule has 0 radical (unpaired) electrons. The Balaban J connectivity index is 2.02. The number of carbonyl (C=O) groups is 1. The largest absolute Gasteiger partial charge is 0.397 e. The van der Waals surface area contributed by atoms with E-state index < -0.39 is 0 Å². The topological polar surface area (TPSA) is 64.2 Å². The van der Waals surface area contributed by atoms with Crippen LogP contribution < -0.4 is 5.73 Å². The first-order chi connectivity index (χ1) is 9.09. The van der Waals surface area contributed by atoms with Gasteiger partial charge in [0.05, 0.1) is 16.8 Å². The van der Waals surface area contributed by atoms with Crippen molar-refractivity contribution in [2.75, 3.05) is 30.3 Å². The molecule has 2 N–H and O–H groups in total. The summed E-state index contributed by atoms with van der Waals surface area (Å²) in [5.74, 6) is 2.09. The van der Waals surface area contributed by atoms with Crippen molar-refractivity contribution >= 4 is 44.9 Å². The molecule has 3 heterocycles. The lowest BCUT2D eigenvalue weighted by Crippen LogP contribution is -2.37. The van der Waals surface area contributed by atoms with Crippen LogP contribution in [0.1, 0.15) is 15.4 Å². The third kappa shape index (κ3) is 2.01. The van der Waals surface area contributed by atoms with Crippen molar-refractivity contribution in [1.82, 2.24) is 14.7 Å². The molecule has 2 aromatic rings. The number of hydrogen-bond acceptors (Lipinski definition) is 5. The Morgan fingerprint density at radius 2 is 2.05 bits per heavy atom. The number of anilines is 1. The van der Waals surface area contributed by atoms with E-state index in [1.807, 2.05) is 30.6 Å². The van der Waals surface area contributed by atoms with E-state index >= 15 is 0 Å². The van der Waals surface area contributed by atoms with E-state index in [1.165, 1.54) is 11.3 Å². The Morgan fingerprint density at radius 1 is 1.37 bits per heavy atom. The molecule has 0 aromatic carbocycles. The van der Waals surface area contributed by atoms with Crippen molar-refractivity contribution < 1.29 is 4.79 Å². The highest BCUT2D eigenvalue weighted by molar-refractivity contribution is 7.99. The number of carbonyl (C=O) groups excluding carboxylic acids is 1. The van der Waals surface area contributed by atoms with E-state index in [0.29, 0.717) is 10.6 Å². The summed E-state index contributed by atoms with van der Waals surface area (Å²) in [5, 5.41) is 5.28.